The molecule has 0 spiro atoms. The summed E-state index contributed by atoms with van der Waals surface area (Å²) in [5.41, 5.74) is 2.88. The fourth-order valence-corrected chi connectivity index (χ4v) is 2.13. The summed E-state index contributed by atoms with van der Waals surface area (Å²) < 4.78 is 12.8. The lowest BCUT2D eigenvalue weighted by Crippen LogP contribution is -2.14. The standard InChI is InChI=1S/C18H20FNO/c1-2-3-4-14-7-11-17(12-8-14)20-18(21)13-15-5-9-16(19)10-6-15/h5-12H,2-4,13H2,1H3,(H,20,21). The van der Waals surface area contributed by atoms with E-state index < -0.39 is 0 Å². The SMILES string of the molecule is CCCCc1ccc(NC(=O)Cc2ccc(F)cc2)cc1. The van der Waals surface area contributed by atoms with E-state index in [1.807, 2.05) is 24.3 Å². The number of carbonyl (C=O) groups is 1. The van der Waals surface area contributed by atoms with Crippen LogP contribution in [-0.2, 0) is 17.6 Å². The van der Waals surface area contributed by atoms with Crippen molar-refractivity contribution in [3.05, 3.63) is 65.5 Å². The third-order valence-corrected chi connectivity index (χ3v) is 3.33. The molecular weight excluding hydrogens is 265 g/mol. The number of unbranched alkanes of at least 4 members (excludes halogenated alkanes) is 1. The predicted molar refractivity (Wildman–Crippen MR) is 83.8 cm³/mol. The maximum atomic E-state index is 12.8. The lowest BCUT2D eigenvalue weighted by atomic mass is 10.1. The normalized spacial score (nSPS) is 10.4. The van der Waals surface area contributed by atoms with Gasteiger partial charge in [-0.25, -0.2) is 4.39 Å². The van der Waals surface area contributed by atoms with Gasteiger partial charge < -0.3 is 5.32 Å². The zero-order valence-corrected chi connectivity index (χ0v) is 12.2. The summed E-state index contributed by atoms with van der Waals surface area (Å²) in [4.78, 5) is 11.9. The topological polar surface area (TPSA) is 29.1 Å². The summed E-state index contributed by atoms with van der Waals surface area (Å²) in [6.07, 6.45) is 3.67. The van der Waals surface area contributed by atoms with Gasteiger partial charge in [0.2, 0.25) is 5.91 Å². The van der Waals surface area contributed by atoms with Gasteiger partial charge in [-0.15, -0.1) is 0 Å². The van der Waals surface area contributed by atoms with E-state index in [1.54, 1.807) is 12.1 Å². The van der Waals surface area contributed by atoms with Gasteiger partial charge in [0, 0.05) is 5.69 Å². The molecule has 2 aromatic rings. The third-order valence-electron chi connectivity index (χ3n) is 3.33. The lowest BCUT2D eigenvalue weighted by Gasteiger charge is -2.07. The van der Waals surface area contributed by atoms with E-state index >= 15 is 0 Å². The molecule has 110 valence electrons. The van der Waals surface area contributed by atoms with Gasteiger partial charge in [0.05, 0.1) is 6.42 Å². The molecule has 0 atom stereocenters. The van der Waals surface area contributed by atoms with Crippen LogP contribution < -0.4 is 5.32 Å². The summed E-state index contributed by atoms with van der Waals surface area (Å²) in [6.45, 7) is 2.17. The predicted octanol–water partition coefficient (Wildman–Crippen LogP) is 4.35. The average molecular weight is 285 g/mol. The maximum Gasteiger partial charge on any atom is 0.228 e. The summed E-state index contributed by atoms with van der Waals surface area (Å²) in [7, 11) is 0. The molecule has 0 radical (unpaired) electrons. The van der Waals surface area contributed by atoms with Gasteiger partial charge in [-0.1, -0.05) is 37.6 Å². The van der Waals surface area contributed by atoms with E-state index in [1.165, 1.54) is 30.5 Å². The summed E-state index contributed by atoms with van der Waals surface area (Å²) in [5, 5.41) is 2.86. The number of anilines is 1. The number of hydrogen-bond acceptors (Lipinski definition) is 1. The number of aryl methyl sites for hydroxylation is 1. The van der Waals surface area contributed by atoms with E-state index in [-0.39, 0.29) is 18.1 Å². The molecule has 2 nitrogen and oxygen atoms in total. The second kappa shape index (κ2) is 7.58. The van der Waals surface area contributed by atoms with Crippen LogP contribution in [0, 0.1) is 5.82 Å². The quantitative estimate of drug-likeness (QED) is 0.840. The van der Waals surface area contributed by atoms with E-state index in [0.717, 1.165) is 17.7 Å². The zero-order valence-electron chi connectivity index (χ0n) is 12.2. The van der Waals surface area contributed by atoms with Crippen LogP contribution in [0.1, 0.15) is 30.9 Å². The highest BCUT2D eigenvalue weighted by Gasteiger charge is 2.04. The van der Waals surface area contributed by atoms with Crippen LogP contribution in [0.3, 0.4) is 0 Å². The van der Waals surface area contributed by atoms with Crippen molar-refractivity contribution in [3.63, 3.8) is 0 Å². The maximum absolute atomic E-state index is 12.8. The van der Waals surface area contributed by atoms with Gasteiger partial charge in [0.1, 0.15) is 5.82 Å². The summed E-state index contributed by atoms with van der Waals surface area (Å²) in [6, 6.07) is 13.9. The van der Waals surface area contributed by atoms with Crippen molar-refractivity contribution >= 4 is 11.6 Å². The summed E-state index contributed by atoms with van der Waals surface area (Å²) >= 11 is 0. The van der Waals surface area contributed by atoms with E-state index in [2.05, 4.69) is 12.2 Å². The van der Waals surface area contributed by atoms with Crippen LogP contribution in [0.25, 0.3) is 0 Å². The highest BCUT2D eigenvalue weighted by atomic mass is 19.1. The van der Waals surface area contributed by atoms with Crippen LogP contribution in [-0.4, -0.2) is 5.91 Å². The van der Waals surface area contributed by atoms with Crippen molar-refractivity contribution in [1.82, 2.24) is 0 Å². The van der Waals surface area contributed by atoms with Crippen molar-refractivity contribution in [2.75, 3.05) is 5.32 Å². The molecule has 0 saturated heterocycles. The lowest BCUT2D eigenvalue weighted by molar-refractivity contribution is -0.115. The first-order valence-corrected chi connectivity index (χ1v) is 7.30. The number of hydrogen-bond donors (Lipinski definition) is 1. The van der Waals surface area contributed by atoms with E-state index in [9.17, 15) is 9.18 Å². The fraction of sp³-hybridized carbons (Fsp3) is 0.278. The molecule has 0 aliphatic heterocycles. The Morgan fingerprint density at radius 3 is 2.24 bits per heavy atom. The molecule has 2 rings (SSSR count). The minimum absolute atomic E-state index is 0.0945. The van der Waals surface area contributed by atoms with Gasteiger partial charge in [-0.3, -0.25) is 4.79 Å². The van der Waals surface area contributed by atoms with Crippen LogP contribution in [0.15, 0.2) is 48.5 Å². The number of nitrogens with one attached hydrogen (secondary N) is 1. The molecule has 0 unspecified atom stereocenters. The monoisotopic (exact) mass is 285 g/mol. The van der Waals surface area contributed by atoms with Crippen molar-refractivity contribution in [1.29, 1.82) is 0 Å². The van der Waals surface area contributed by atoms with Crippen LogP contribution in [0.2, 0.25) is 0 Å². The molecule has 0 heterocycles. The van der Waals surface area contributed by atoms with E-state index in [0.29, 0.717) is 0 Å². The smallest absolute Gasteiger partial charge is 0.228 e. The van der Waals surface area contributed by atoms with Crippen molar-refractivity contribution in [2.24, 2.45) is 0 Å². The first-order chi connectivity index (χ1) is 10.2. The fourth-order valence-electron chi connectivity index (χ4n) is 2.13. The second-order valence-corrected chi connectivity index (χ2v) is 5.15. The Hall–Kier alpha value is -2.16. The molecular formula is C18H20FNO. The van der Waals surface area contributed by atoms with E-state index in [4.69, 9.17) is 0 Å². The zero-order chi connectivity index (χ0) is 15.1. The molecule has 0 saturated carbocycles. The molecule has 0 aromatic heterocycles. The van der Waals surface area contributed by atoms with Gasteiger partial charge in [-0.2, -0.15) is 0 Å². The van der Waals surface area contributed by atoms with Crippen molar-refractivity contribution in [3.8, 4) is 0 Å². The van der Waals surface area contributed by atoms with Crippen LogP contribution in [0.4, 0.5) is 10.1 Å². The molecule has 0 fully saturated rings. The molecule has 0 aliphatic rings. The van der Waals surface area contributed by atoms with Gasteiger partial charge in [0.15, 0.2) is 0 Å². The number of amides is 1. The van der Waals surface area contributed by atoms with Crippen molar-refractivity contribution in [2.45, 2.75) is 32.6 Å². The Kier molecular flexibility index (Phi) is 5.50. The Morgan fingerprint density at radius 2 is 1.62 bits per heavy atom. The highest BCUT2D eigenvalue weighted by molar-refractivity contribution is 5.92. The highest BCUT2D eigenvalue weighted by Crippen LogP contribution is 2.12. The van der Waals surface area contributed by atoms with Crippen molar-refractivity contribution < 1.29 is 9.18 Å². The molecule has 2 aromatic carbocycles. The average Bonchev–Trinajstić information content (AvgIpc) is 2.49. The molecule has 1 N–H and O–H groups in total. The minimum atomic E-state index is -0.290. The Balaban J connectivity index is 1.88. The van der Waals surface area contributed by atoms with Crippen LogP contribution >= 0.6 is 0 Å². The van der Waals surface area contributed by atoms with Gasteiger partial charge in [-0.05, 0) is 48.2 Å². The molecule has 0 bridgehead atoms. The Bertz CT molecular complexity index is 575. The molecule has 0 aliphatic carbocycles. The number of benzene rings is 2. The Labute approximate surface area is 125 Å². The van der Waals surface area contributed by atoms with Gasteiger partial charge >= 0.3 is 0 Å². The molecule has 3 heteroatoms. The number of rotatable bonds is 6. The molecule has 21 heavy (non-hydrogen) atoms. The number of carbonyl (C=O) groups excluding carboxylic acids is 1. The molecule has 1 amide bonds. The summed E-state index contributed by atoms with van der Waals surface area (Å²) in [5.74, 6) is -0.384. The third kappa shape index (κ3) is 5.03. The minimum Gasteiger partial charge on any atom is -0.326 e. The van der Waals surface area contributed by atoms with Gasteiger partial charge in [0.25, 0.3) is 0 Å². The Morgan fingerprint density at radius 1 is 1.00 bits per heavy atom. The first kappa shape index (κ1) is 15.2. The largest absolute Gasteiger partial charge is 0.326 e. The van der Waals surface area contributed by atoms with Crippen LogP contribution in [0.5, 0.6) is 0 Å². The number of halogens is 1. The second-order valence-electron chi connectivity index (χ2n) is 5.15. The first-order valence-electron chi connectivity index (χ1n) is 7.30.